The summed E-state index contributed by atoms with van der Waals surface area (Å²) < 4.78 is 0. The van der Waals surface area contributed by atoms with E-state index < -0.39 is 0 Å². The summed E-state index contributed by atoms with van der Waals surface area (Å²) in [5.74, 6) is 0.627. The number of anilines is 1. The van der Waals surface area contributed by atoms with Crippen LogP contribution in [0.5, 0.6) is 0 Å². The lowest BCUT2D eigenvalue weighted by Gasteiger charge is -2.07. The van der Waals surface area contributed by atoms with Gasteiger partial charge in [-0.2, -0.15) is 10.1 Å². The summed E-state index contributed by atoms with van der Waals surface area (Å²) in [4.78, 5) is 9.04. The van der Waals surface area contributed by atoms with Gasteiger partial charge >= 0.3 is 0 Å². The highest BCUT2D eigenvalue weighted by Gasteiger charge is 2.11. The summed E-state index contributed by atoms with van der Waals surface area (Å²) in [6.45, 7) is 5.00. The first kappa shape index (κ1) is 13.5. The van der Waals surface area contributed by atoms with E-state index in [2.05, 4.69) is 56.7 Å². The number of aromatic amines is 1. The number of hydrogen-bond donors (Lipinski definition) is 2. The van der Waals surface area contributed by atoms with Crippen molar-refractivity contribution in [3.63, 3.8) is 0 Å². The van der Waals surface area contributed by atoms with Crippen LogP contribution in [-0.2, 0) is 6.42 Å². The number of hydrogen-bond acceptors (Lipinski definition) is 4. The molecule has 0 spiro atoms. The van der Waals surface area contributed by atoms with Gasteiger partial charge in [-0.05, 0) is 18.9 Å². The van der Waals surface area contributed by atoms with E-state index in [-0.39, 0.29) is 0 Å². The van der Waals surface area contributed by atoms with Gasteiger partial charge in [0.25, 0.3) is 0 Å². The third-order valence-electron chi connectivity index (χ3n) is 3.41. The molecule has 3 aromatic rings. The fourth-order valence-electron chi connectivity index (χ4n) is 2.41. The van der Waals surface area contributed by atoms with Crippen molar-refractivity contribution in [3.05, 3.63) is 36.0 Å². The number of nitrogens with one attached hydrogen (secondary N) is 2. The van der Waals surface area contributed by atoms with Gasteiger partial charge in [-0.1, -0.05) is 37.6 Å². The first-order valence-corrected chi connectivity index (χ1v) is 7.36. The first-order chi connectivity index (χ1) is 10.3. The summed E-state index contributed by atoms with van der Waals surface area (Å²) in [7, 11) is 0. The molecule has 2 N–H and O–H groups in total. The Hall–Kier alpha value is -2.43. The molecule has 0 atom stereocenters. The van der Waals surface area contributed by atoms with Crippen molar-refractivity contribution in [2.75, 3.05) is 11.9 Å². The number of fused-ring (bicyclic) bond motifs is 1. The minimum Gasteiger partial charge on any atom is -0.354 e. The van der Waals surface area contributed by atoms with Gasteiger partial charge in [-0.15, -0.1) is 0 Å². The second-order valence-electron chi connectivity index (χ2n) is 5.01. The Bertz CT molecular complexity index is 730. The van der Waals surface area contributed by atoms with Gasteiger partial charge in [0.1, 0.15) is 0 Å². The highest BCUT2D eigenvalue weighted by atomic mass is 15.2. The molecule has 0 aliphatic carbocycles. The number of H-pyrrole nitrogens is 1. The van der Waals surface area contributed by atoms with Crippen molar-refractivity contribution < 1.29 is 0 Å². The Balaban J connectivity index is 2.07. The summed E-state index contributed by atoms with van der Waals surface area (Å²) in [5.41, 5.74) is 4.11. The topological polar surface area (TPSA) is 66.5 Å². The molecule has 5 heteroatoms. The SMILES string of the molecule is CCCc1ccc(-c2nc(NCC)nc3[nH]ncc23)cc1. The minimum absolute atomic E-state index is 0.627. The monoisotopic (exact) mass is 281 g/mol. The molecule has 21 heavy (non-hydrogen) atoms. The van der Waals surface area contributed by atoms with E-state index in [0.717, 1.165) is 41.7 Å². The predicted octanol–water partition coefficient (Wildman–Crippen LogP) is 3.40. The average Bonchev–Trinajstić information content (AvgIpc) is 2.96. The first-order valence-electron chi connectivity index (χ1n) is 7.36. The molecule has 0 aliphatic heterocycles. The molecule has 0 aliphatic rings. The smallest absolute Gasteiger partial charge is 0.225 e. The molecule has 2 aromatic heterocycles. The van der Waals surface area contributed by atoms with Crippen LogP contribution in [0.1, 0.15) is 25.8 Å². The zero-order valence-corrected chi connectivity index (χ0v) is 12.3. The average molecular weight is 281 g/mol. The number of aryl methyl sites for hydroxylation is 1. The third kappa shape index (κ3) is 2.72. The normalized spacial score (nSPS) is 11.0. The molecular formula is C16H19N5. The highest BCUT2D eigenvalue weighted by Crippen LogP contribution is 2.26. The van der Waals surface area contributed by atoms with Crippen molar-refractivity contribution in [3.8, 4) is 11.3 Å². The van der Waals surface area contributed by atoms with Gasteiger partial charge in [0.2, 0.25) is 5.95 Å². The molecule has 0 bridgehead atoms. The summed E-state index contributed by atoms with van der Waals surface area (Å²) in [5, 5.41) is 11.1. The Morgan fingerprint density at radius 2 is 1.90 bits per heavy atom. The van der Waals surface area contributed by atoms with Gasteiger partial charge in [0, 0.05) is 12.1 Å². The summed E-state index contributed by atoms with van der Waals surface area (Å²) in [6, 6.07) is 8.57. The lowest BCUT2D eigenvalue weighted by Crippen LogP contribution is -2.03. The highest BCUT2D eigenvalue weighted by molar-refractivity contribution is 5.90. The molecular weight excluding hydrogens is 262 g/mol. The number of rotatable bonds is 5. The van der Waals surface area contributed by atoms with Crippen LogP contribution in [0.2, 0.25) is 0 Å². The van der Waals surface area contributed by atoms with E-state index in [4.69, 9.17) is 0 Å². The largest absolute Gasteiger partial charge is 0.354 e. The molecule has 0 fully saturated rings. The number of aromatic nitrogens is 4. The summed E-state index contributed by atoms with van der Waals surface area (Å²) >= 11 is 0. The maximum atomic E-state index is 4.63. The summed E-state index contributed by atoms with van der Waals surface area (Å²) in [6.07, 6.45) is 4.04. The van der Waals surface area contributed by atoms with E-state index in [1.54, 1.807) is 6.20 Å². The van der Waals surface area contributed by atoms with Crippen molar-refractivity contribution in [1.82, 2.24) is 20.2 Å². The van der Waals surface area contributed by atoms with Crippen molar-refractivity contribution in [1.29, 1.82) is 0 Å². The van der Waals surface area contributed by atoms with Gasteiger partial charge in [0.15, 0.2) is 5.65 Å². The molecule has 0 radical (unpaired) electrons. The maximum absolute atomic E-state index is 4.63. The van der Waals surface area contributed by atoms with Crippen LogP contribution >= 0.6 is 0 Å². The van der Waals surface area contributed by atoms with Crippen LogP contribution in [0.25, 0.3) is 22.3 Å². The van der Waals surface area contributed by atoms with E-state index in [0.29, 0.717) is 5.95 Å². The molecule has 0 unspecified atom stereocenters. The second-order valence-corrected chi connectivity index (χ2v) is 5.01. The van der Waals surface area contributed by atoms with E-state index in [9.17, 15) is 0 Å². The zero-order chi connectivity index (χ0) is 14.7. The minimum atomic E-state index is 0.627. The fourth-order valence-corrected chi connectivity index (χ4v) is 2.41. The standard InChI is InChI=1S/C16H19N5/c1-3-5-11-6-8-12(9-7-11)14-13-10-18-21-15(13)20-16(19-14)17-4-2/h6-10H,3-5H2,1-2H3,(H2,17,18,19,20,21). The van der Waals surface area contributed by atoms with Crippen LogP contribution in [0, 0.1) is 0 Å². The quantitative estimate of drug-likeness (QED) is 0.752. The van der Waals surface area contributed by atoms with E-state index >= 15 is 0 Å². The number of benzene rings is 1. The van der Waals surface area contributed by atoms with E-state index in [1.165, 1.54) is 5.56 Å². The fraction of sp³-hybridized carbons (Fsp3) is 0.312. The molecule has 5 nitrogen and oxygen atoms in total. The van der Waals surface area contributed by atoms with Gasteiger partial charge in [-0.3, -0.25) is 5.10 Å². The molecule has 1 aromatic carbocycles. The van der Waals surface area contributed by atoms with Crippen molar-refractivity contribution in [2.24, 2.45) is 0 Å². The lowest BCUT2D eigenvalue weighted by atomic mass is 10.0. The Morgan fingerprint density at radius 3 is 2.62 bits per heavy atom. The molecule has 0 amide bonds. The van der Waals surface area contributed by atoms with Crippen LogP contribution in [-0.4, -0.2) is 26.7 Å². The van der Waals surface area contributed by atoms with Gasteiger partial charge in [0.05, 0.1) is 17.3 Å². The number of nitrogens with zero attached hydrogens (tertiary/aromatic N) is 3. The predicted molar refractivity (Wildman–Crippen MR) is 85.3 cm³/mol. The van der Waals surface area contributed by atoms with Gasteiger partial charge < -0.3 is 5.32 Å². The van der Waals surface area contributed by atoms with Gasteiger partial charge in [-0.25, -0.2) is 4.98 Å². The Labute approximate surface area is 123 Å². The Morgan fingerprint density at radius 1 is 1.10 bits per heavy atom. The van der Waals surface area contributed by atoms with Crippen LogP contribution in [0.15, 0.2) is 30.5 Å². The third-order valence-corrected chi connectivity index (χ3v) is 3.41. The molecule has 0 saturated heterocycles. The van der Waals surface area contributed by atoms with Crippen LogP contribution in [0.3, 0.4) is 0 Å². The molecule has 3 rings (SSSR count). The molecule has 108 valence electrons. The van der Waals surface area contributed by atoms with Crippen LogP contribution < -0.4 is 5.32 Å². The second kappa shape index (κ2) is 5.91. The maximum Gasteiger partial charge on any atom is 0.225 e. The lowest BCUT2D eigenvalue weighted by molar-refractivity contribution is 0.922. The molecule has 2 heterocycles. The molecule has 0 saturated carbocycles. The Kier molecular flexibility index (Phi) is 3.81. The van der Waals surface area contributed by atoms with Crippen LogP contribution in [0.4, 0.5) is 5.95 Å². The van der Waals surface area contributed by atoms with E-state index in [1.807, 2.05) is 6.92 Å². The van der Waals surface area contributed by atoms with Crippen molar-refractivity contribution in [2.45, 2.75) is 26.7 Å². The zero-order valence-electron chi connectivity index (χ0n) is 12.3. The van der Waals surface area contributed by atoms with Crippen molar-refractivity contribution >= 4 is 17.0 Å².